The van der Waals surface area contributed by atoms with Crippen molar-refractivity contribution in [2.45, 2.75) is 40.5 Å². The molecule has 17 heavy (non-hydrogen) atoms. The molecular formula is C16H22O. The highest BCUT2D eigenvalue weighted by molar-refractivity contribution is 6.08. The number of hydrogen-bond donors (Lipinski definition) is 0. The maximum absolute atomic E-state index is 12.2. The second kappa shape index (κ2) is 6.39. The topological polar surface area (TPSA) is 17.1 Å². The van der Waals surface area contributed by atoms with E-state index in [4.69, 9.17) is 0 Å². The Bertz CT molecular complexity index is 413. The van der Waals surface area contributed by atoms with E-state index in [2.05, 4.69) is 19.9 Å². The first-order chi connectivity index (χ1) is 8.08. The molecule has 0 fully saturated rings. The fourth-order valence-corrected chi connectivity index (χ4v) is 1.99. The van der Waals surface area contributed by atoms with Crippen LogP contribution in [0.25, 0.3) is 0 Å². The molecule has 0 bridgehead atoms. The molecule has 0 aromatic heterocycles. The maximum atomic E-state index is 12.2. The lowest BCUT2D eigenvalue weighted by molar-refractivity contribution is 0.103. The third kappa shape index (κ3) is 3.85. The van der Waals surface area contributed by atoms with Crippen LogP contribution in [0.3, 0.4) is 0 Å². The van der Waals surface area contributed by atoms with Gasteiger partial charge in [0.25, 0.3) is 0 Å². The van der Waals surface area contributed by atoms with E-state index in [0.717, 1.165) is 24.0 Å². The molecule has 0 saturated carbocycles. The summed E-state index contributed by atoms with van der Waals surface area (Å²) < 4.78 is 0. The Morgan fingerprint density at radius 3 is 2.59 bits per heavy atom. The van der Waals surface area contributed by atoms with Gasteiger partial charge in [0.05, 0.1) is 0 Å². The average molecular weight is 230 g/mol. The number of Topliss-reactive ketones (excluding diaryl/α,β-unsaturated/α-hetero) is 1. The van der Waals surface area contributed by atoms with Crippen molar-refractivity contribution < 1.29 is 4.79 Å². The van der Waals surface area contributed by atoms with Crippen LogP contribution in [0.5, 0.6) is 0 Å². The molecule has 1 aromatic carbocycles. The Kier molecular flexibility index (Phi) is 5.14. The van der Waals surface area contributed by atoms with Crippen molar-refractivity contribution in [2.24, 2.45) is 5.92 Å². The van der Waals surface area contributed by atoms with Gasteiger partial charge in [-0.25, -0.2) is 0 Å². The Labute approximate surface area is 105 Å². The van der Waals surface area contributed by atoms with E-state index in [0.29, 0.717) is 5.92 Å². The minimum Gasteiger partial charge on any atom is -0.289 e. The minimum absolute atomic E-state index is 0.167. The van der Waals surface area contributed by atoms with Crippen molar-refractivity contribution in [3.05, 3.63) is 47.0 Å². The zero-order valence-corrected chi connectivity index (χ0v) is 11.3. The predicted molar refractivity (Wildman–Crippen MR) is 73.4 cm³/mol. The monoisotopic (exact) mass is 230 g/mol. The number of carbonyl (C=O) groups is 1. The minimum atomic E-state index is 0.167. The molecule has 0 aliphatic rings. The Morgan fingerprint density at radius 2 is 2.06 bits per heavy atom. The lowest BCUT2D eigenvalue weighted by atomic mass is 9.96. The first kappa shape index (κ1) is 13.7. The molecule has 1 rings (SSSR count). The first-order valence-corrected chi connectivity index (χ1v) is 6.37. The molecule has 1 aromatic rings. The Balaban J connectivity index is 2.95. The number of rotatable bonds is 5. The predicted octanol–water partition coefficient (Wildman–Crippen LogP) is 4.42. The number of carbonyl (C=O) groups excluding carboxylic acids is 1. The van der Waals surface area contributed by atoms with E-state index in [1.807, 2.05) is 38.1 Å². The smallest absolute Gasteiger partial charge is 0.188 e. The fraction of sp³-hybridized carbons (Fsp3) is 0.438. The van der Waals surface area contributed by atoms with Crippen LogP contribution in [0, 0.1) is 5.92 Å². The lowest BCUT2D eigenvalue weighted by Crippen LogP contribution is -2.04. The summed E-state index contributed by atoms with van der Waals surface area (Å²) in [6.07, 6.45) is 3.74. The van der Waals surface area contributed by atoms with Gasteiger partial charge >= 0.3 is 0 Å². The molecular weight excluding hydrogens is 208 g/mol. The van der Waals surface area contributed by atoms with E-state index in [1.165, 1.54) is 5.56 Å². The molecule has 0 N–H and O–H groups in total. The van der Waals surface area contributed by atoms with Gasteiger partial charge in [-0.2, -0.15) is 0 Å². The number of benzene rings is 1. The van der Waals surface area contributed by atoms with Gasteiger partial charge in [-0.1, -0.05) is 45.0 Å². The third-order valence-electron chi connectivity index (χ3n) is 2.85. The molecule has 1 heteroatoms. The number of ketones is 1. The molecule has 92 valence electrons. The van der Waals surface area contributed by atoms with E-state index in [9.17, 15) is 4.79 Å². The summed E-state index contributed by atoms with van der Waals surface area (Å²) in [7, 11) is 0. The summed E-state index contributed by atoms with van der Waals surface area (Å²) in [6, 6.07) is 8.01. The van der Waals surface area contributed by atoms with E-state index in [1.54, 1.807) is 0 Å². The van der Waals surface area contributed by atoms with Crippen LogP contribution >= 0.6 is 0 Å². The molecule has 1 nitrogen and oxygen atoms in total. The van der Waals surface area contributed by atoms with E-state index >= 15 is 0 Å². The van der Waals surface area contributed by atoms with Crippen molar-refractivity contribution in [2.75, 3.05) is 0 Å². The summed E-state index contributed by atoms with van der Waals surface area (Å²) in [4.78, 5) is 12.2. The molecule has 0 aliphatic heterocycles. The molecule has 0 atom stereocenters. The molecule has 0 aliphatic carbocycles. The summed E-state index contributed by atoms with van der Waals surface area (Å²) in [6.45, 7) is 8.33. The molecule has 0 amide bonds. The fourth-order valence-electron chi connectivity index (χ4n) is 1.99. The van der Waals surface area contributed by atoms with Crippen LogP contribution < -0.4 is 0 Å². The van der Waals surface area contributed by atoms with Gasteiger partial charge in [0, 0.05) is 5.56 Å². The van der Waals surface area contributed by atoms with Crippen molar-refractivity contribution >= 4 is 5.78 Å². The molecule has 0 saturated heterocycles. The average Bonchev–Trinajstić information content (AvgIpc) is 2.30. The van der Waals surface area contributed by atoms with Crippen molar-refractivity contribution in [1.29, 1.82) is 0 Å². The quantitative estimate of drug-likeness (QED) is 0.540. The highest BCUT2D eigenvalue weighted by Gasteiger charge is 2.10. The Morgan fingerprint density at radius 1 is 1.35 bits per heavy atom. The highest BCUT2D eigenvalue weighted by atomic mass is 16.1. The highest BCUT2D eigenvalue weighted by Crippen LogP contribution is 2.15. The Hall–Kier alpha value is -1.37. The van der Waals surface area contributed by atoms with Crippen molar-refractivity contribution in [3.63, 3.8) is 0 Å². The van der Waals surface area contributed by atoms with E-state index < -0.39 is 0 Å². The zero-order valence-electron chi connectivity index (χ0n) is 11.3. The number of hydrogen-bond acceptors (Lipinski definition) is 1. The SMILES string of the molecule is C/C=C(/CC)C(=O)c1cccc(CC(C)C)c1. The van der Waals surface area contributed by atoms with Gasteiger partial charge in [0.2, 0.25) is 0 Å². The standard InChI is InChI=1S/C16H22O/c1-5-14(6-2)16(17)15-9-7-8-13(11-15)10-12(3)4/h5,7-9,11-12H,6,10H2,1-4H3/b14-5-. The van der Waals surface area contributed by atoms with Gasteiger partial charge < -0.3 is 0 Å². The van der Waals surface area contributed by atoms with Crippen LogP contribution in [-0.2, 0) is 6.42 Å². The molecule has 0 spiro atoms. The molecule has 0 radical (unpaired) electrons. The van der Waals surface area contributed by atoms with Crippen LogP contribution in [0.4, 0.5) is 0 Å². The zero-order chi connectivity index (χ0) is 12.8. The summed E-state index contributed by atoms with van der Waals surface area (Å²) in [5.41, 5.74) is 2.96. The molecule has 0 unspecified atom stereocenters. The van der Waals surface area contributed by atoms with Gasteiger partial charge in [-0.05, 0) is 42.9 Å². The van der Waals surface area contributed by atoms with Gasteiger partial charge in [-0.3, -0.25) is 4.79 Å². The summed E-state index contributed by atoms with van der Waals surface area (Å²) in [5, 5.41) is 0. The third-order valence-corrected chi connectivity index (χ3v) is 2.85. The van der Waals surface area contributed by atoms with Gasteiger partial charge in [0.15, 0.2) is 5.78 Å². The van der Waals surface area contributed by atoms with Gasteiger partial charge in [0.1, 0.15) is 0 Å². The normalized spacial score (nSPS) is 11.9. The van der Waals surface area contributed by atoms with Crippen LogP contribution in [0.15, 0.2) is 35.9 Å². The van der Waals surface area contributed by atoms with Gasteiger partial charge in [-0.15, -0.1) is 0 Å². The summed E-state index contributed by atoms with van der Waals surface area (Å²) >= 11 is 0. The summed E-state index contributed by atoms with van der Waals surface area (Å²) in [5.74, 6) is 0.785. The second-order valence-electron chi connectivity index (χ2n) is 4.79. The van der Waals surface area contributed by atoms with Crippen molar-refractivity contribution in [3.8, 4) is 0 Å². The lowest BCUT2D eigenvalue weighted by Gasteiger charge is -2.08. The van der Waals surface area contributed by atoms with Crippen LogP contribution in [-0.4, -0.2) is 5.78 Å². The largest absolute Gasteiger partial charge is 0.289 e. The van der Waals surface area contributed by atoms with Crippen LogP contribution in [0.2, 0.25) is 0 Å². The number of allylic oxidation sites excluding steroid dienone is 2. The maximum Gasteiger partial charge on any atom is 0.188 e. The van der Waals surface area contributed by atoms with Crippen molar-refractivity contribution in [1.82, 2.24) is 0 Å². The van der Waals surface area contributed by atoms with E-state index in [-0.39, 0.29) is 5.78 Å². The molecule has 0 heterocycles. The van der Waals surface area contributed by atoms with Crippen LogP contribution in [0.1, 0.15) is 50.0 Å². The second-order valence-corrected chi connectivity index (χ2v) is 4.79. The first-order valence-electron chi connectivity index (χ1n) is 6.37.